The van der Waals surface area contributed by atoms with Crippen LogP contribution >= 0.6 is 24.0 Å². The molecular formula is C12H17Cl2NO. The molecular weight excluding hydrogens is 245 g/mol. The maximum atomic E-state index is 6.04. The maximum absolute atomic E-state index is 6.04. The van der Waals surface area contributed by atoms with Gasteiger partial charge in [0.15, 0.2) is 0 Å². The molecule has 1 heterocycles. The fourth-order valence-electron chi connectivity index (χ4n) is 2.04. The largest absolute Gasteiger partial charge is 0.497 e. The van der Waals surface area contributed by atoms with E-state index in [4.69, 9.17) is 16.3 Å². The third kappa shape index (κ3) is 3.27. The number of ether oxygens (including phenoxy) is 1. The van der Waals surface area contributed by atoms with Crippen molar-refractivity contribution in [2.75, 3.05) is 13.7 Å². The lowest BCUT2D eigenvalue weighted by Crippen LogP contribution is -2.26. The molecule has 1 aliphatic rings. The first kappa shape index (κ1) is 13.6. The summed E-state index contributed by atoms with van der Waals surface area (Å²) >= 11 is 6.04. The lowest BCUT2D eigenvalue weighted by atomic mass is 9.97. The van der Waals surface area contributed by atoms with E-state index in [2.05, 4.69) is 11.4 Å². The molecule has 0 unspecified atom stereocenters. The molecule has 2 nitrogen and oxygen atoms in total. The second kappa shape index (κ2) is 6.33. The van der Waals surface area contributed by atoms with Gasteiger partial charge in [-0.05, 0) is 43.1 Å². The Morgan fingerprint density at radius 3 is 2.75 bits per heavy atom. The molecule has 4 heteroatoms. The normalized spacial score (nSPS) is 20.0. The van der Waals surface area contributed by atoms with Crippen LogP contribution in [0.1, 0.15) is 30.9 Å². The zero-order valence-electron chi connectivity index (χ0n) is 9.33. The van der Waals surface area contributed by atoms with E-state index < -0.39 is 0 Å². The van der Waals surface area contributed by atoms with Gasteiger partial charge in [-0.25, -0.2) is 0 Å². The van der Waals surface area contributed by atoms with Crippen molar-refractivity contribution in [3.63, 3.8) is 0 Å². The van der Waals surface area contributed by atoms with E-state index in [-0.39, 0.29) is 12.4 Å². The topological polar surface area (TPSA) is 21.3 Å². The van der Waals surface area contributed by atoms with Crippen molar-refractivity contribution in [3.05, 3.63) is 28.8 Å². The molecule has 1 aromatic rings. The SMILES string of the molecule is COc1cc(Cl)cc([C@H]2CCCCN2)c1.Cl. The summed E-state index contributed by atoms with van der Waals surface area (Å²) in [5.74, 6) is 0.838. The number of methoxy groups -OCH3 is 1. The summed E-state index contributed by atoms with van der Waals surface area (Å²) in [7, 11) is 1.67. The van der Waals surface area contributed by atoms with Gasteiger partial charge in [-0.15, -0.1) is 12.4 Å². The second-order valence-electron chi connectivity index (χ2n) is 3.93. The minimum atomic E-state index is 0. The van der Waals surface area contributed by atoms with Crippen LogP contribution in [0.4, 0.5) is 0 Å². The molecule has 0 radical (unpaired) electrons. The third-order valence-corrected chi connectivity index (χ3v) is 3.06. The van der Waals surface area contributed by atoms with Crippen LogP contribution in [0.15, 0.2) is 18.2 Å². The minimum Gasteiger partial charge on any atom is -0.497 e. The Kier molecular flexibility index (Phi) is 5.39. The highest BCUT2D eigenvalue weighted by molar-refractivity contribution is 6.30. The molecule has 0 aromatic heterocycles. The quantitative estimate of drug-likeness (QED) is 0.879. The van der Waals surface area contributed by atoms with Gasteiger partial charge in [0.25, 0.3) is 0 Å². The van der Waals surface area contributed by atoms with E-state index in [1.807, 2.05) is 12.1 Å². The smallest absolute Gasteiger partial charge is 0.120 e. The molecule has 1 fully saturated rings. The molecule has 0 bridgehead atoms. The van der Waals surface area contributed by atoms with Crippen LogP contribution in [0.2, 0.25) is 5.02 Å². The molecule has 0 amide bonds. The molecule has 1 N–H and O–H groups in total. The molecule has 1 aliphatic heterocycles. The predicted molar refractivity (Wildman–Crippen MR) is 69.8 cm³/mol. The van der Waals surface area contributed by atoms with Crippen LogP contribution in [0.3, 0.4) is 0 Å². The van der Waals surface area contributed by atoms with Crippen LogP contribution in [-0.2, 0) is 0 Å². The van der Waals surface area contributed by atoms with Gasteiger partial charge in [0.05, 0.1) is 7.11 Å². The average Bonchev–Trinajstić information content (AvgIpc) is 2.29. The minimum absolute atomic E-state index is 0. The van der Waals surface area contributed by atoms with Crippen molar-refractivity contribution in [1.29, 1.82) is 0 Å². The van der Waals surface area contributed by atoms with Crippen molar-refractivity contribution in [2.24, 2.45) is 0 Å². The Labute approximate surface area is 108 Å². The summed E-state index contributed by atoms with van der Waals surface area (Å²) in [6, 6.07) is 6.36. The molecule has 0 spiro atoms. The van der Waals surface area contributed by atoms with Gasteiger partial charge >= 0.3 is 0 Å². The summed E-state index contributed by atoms with van der Waals surface area (Å²) in [4.78, 5) is 0. The molecule has 2 rings (SSSR count). The number of halogens is 2. The fraction of sp³-hybridized carbons (Fsp3) is 0.500. The van der Waals surface area contributed by atoms with Crippen molar-refractivity contribution in [1.82, 2.24) is 5.32 Å². The van der Waals surface area contributed by atoms with Crippen LogP contribution in [-0.4, -0.2) is 13.7 Å². The standard InChI is InChI=1S/C12H16ClNO.ClH/c1-15-11-7-9(6-10(13)8-11)12-4-2-3-5-14-12;/h6-8,12,14H,2-5H2,1H3;1H/t12-;/m1./s1. The Morgan fingerprint density at radius 2 is 2.12 bits per heavy atom. The molecule has 1 aromatic carbocycles. The van der Waals surface area contributed by atoms with Crippen molar-refractivity contribution in [3.8, 4) is 5.75 Å². The van der Waals surface area contributed by atoms with Crippen LogP contribution < -0.4 is 10.1 Å². The lowest BCUT2D eigenvalue weighted by molar-refractivity contribution is 0.400. The molecule has 1 atom stereocenters. The van der Waals surface area contributed by atoms with Gasteiger partial charge < -0.3 is 10.1 Å². The summed E-state index contributed by atoms with van der Waals surface area (Å²) in [6.45, 7) is 1.10. The summed E-state index contributed by atoms with van der Waals surface area (Å²) < 4.78 is 5.21. The van der Waals surface area contributed by atoms with Crippen molar-refractivity contribution < 1.29 is 4.74 Å². The zero-order chi connectivity index (χ0) is 10.7. The van der Waals surface area contributed by atoms with Crippen molar-refractivity contribution >= 4 is 24.0 Å². The first-order valence-corrected chi connectivity index (χ1v) is 5.75. The third-order valence-electron chi connectivity index (χ3n) is 2.84. The van der Waals surface area contributed by atoms with Gasteiger partial charge in [-0.1, -0.05) is 18.0 Å². The molecule has 0 saturated carbocycles. The van der Waals surface area contributed by atoms with Gasteiger partial charge in [0.1, 0.15) is 5.75 Å². The first-order valence-electron chi connectivity index (χ1n) is 5.37. The second-order valence-corrected chi connectivity index (χ2v) is 4.36. The number of rotatable bonds is 2. The maximum Gasteiger partial charge on any atom is 0.120 e. The summed E-state index contributed by atoms with van der Waals surface area (Å²) in [5, 5.41) is 4.25. The zero-order valence-corrected chi connectivity index (χ0v) is 10.9. The highest BCUT2D eigenvalue weighted by Crippen LogP contribution is 2.29. The van der Waals surface area contributed by atoms with Gasteiger partial charge in [0.2, 0.25) is 0 Å². The molecule has 0 aliphatic carbocycles. The van der Waals surface area contributed by atoms with E-state index in [0.29, 0.717) is 6.04 Å². The Bertz CT molecular complexity index is 338. The first-order chi connectivity index (χ1) is 7.29. The number of piperidine rings is 1. The Hall–Kier alpha value is -0.440. The van der Waals surface area contributed by atoms with Gasteiger partial charge in [-0.2, -0.15) is 0 Å². The van der Waals surface area contributed by atoms with Crippen LogP contribution in [0.5, 0.6) is 5.75 Å². The van der Waals surface area contributed by atoms with Crippen LogP contribution in [0.25, 0.3) is 0 Å². The van der Waals surface area contributed by atoms with Crippen LogP contribution in [0, 0.1) is 0 Å². The van der Waals surface area contributed by atoms with Gasteiger partial charge in [-0.3, -0.25) is 0 Å². The van der Waals surface area contributed by atoms with Gasteiger partial charge in [0, 0.05) is 11.1 Å². The lowest BCUT2D eigenvalue weighted by Gasteiger charge is -2.24. The number of benzene rings is 1. The highest BCUT2D eigenvalue weighted by atomic mass is 35.5. The number of nitrogens with one attached hydrogen (secondary N) is 1. The summed E-state index contributed by atoms with van der Waals surface area (Å²) in [6.07, 6.45) is 3.74. The highest BCUT2D eigenvalue weighted by Gasteiger charge is 2.15. The number of hydrogen-bond acceptors (Lipinski definition) is 2. The predicted octanol–water partition coefficient (Wildman–Crippen LogP) is 3.59. The molecule has 90 valence electrons. The average molecular weight is 262 g/mol. The van der Waals surface area contributed by atoms with E-state index in [9.17, 15) is 0 Å². The monoisotopic (exact) mass is 261 g/mol. The fourth-order valence-corrected chi connectivity index (χ4v) is 2.27. The summed E-state index contributed by atoms with van der Waals surface area (Å²) in [5.41, 5.74) is 1.24. The van der Waals surface area contributed by atoms with E-state index in [1.165, 1.54) is 24.8 Å². The van der Waals surface area contributed by atoms with E-state index in [0.717, 1.165) is 17.3 Å². The Morgan fingerprint density at radius 1 is 1.31 bits per heavy atom. The van der Waals surface area contributed by atoms with Crippen molar-refractivity contribution in [2.45, 2.75) is 25.3 Å². The Balaban J connectivity index is 0.00000128. The molecule has 16 heavy (non-hydrogen) atoms. The number of hydrogen-bond donors (Lipinski definition) is 1. The molecule has 1 saturated heterocycles. The van der Waals surface area contributed by atoms with E-state index >= 15 is 0 Å². The van der Waals surface area contributed by atoms with E-state index in [1.54, 1.807) is 7.11 Å².